The van der Waals surface area contributed by atoms with Gasteiger partial charge in [0.2, 0.25) is 0 Å². The summed E-state index contributed by atoms with van der Waals surface area (Å²) in [6.45, 7) is 7.50. The molecule has 0 saturated carbocycles. The summed E-state index contributed by atoms with van der Waals surface area (Å²) in [7, 11) is 3.11. The van der Waals surface area contributed by atoms with Gasteiger partial charge in [0.05, 0.1) is 13.2 Å². The normalized spacial score (nSPS) is 12.7. The molecule has 0 radical (unpaired) electrons. The second-order valence-electron chi connectivity index (χ2n) is 5.82. The minimum atomic E-state index is -0.761. The first-order valence-corrected chi connectivity index (χ1v) is 7.74. The quantitative estimate of drug-likeness (QED) is 0.628. The Kier molecular flexibility index (Phi) is 6.95. The third-order valence-electron chi connectivity index (χ3n) is 3.35. The van der Waals surface area contributed by atoms with Gasteiger partial charge in [0.1, 0.15) is 5.82 Å². The molecule has 1 aromatic carbocycles. The van der Waals surface area contributed by atoms with Gasteiger partial charge in [-0.1, -0.05) is 15.9 Å². The van der Waals surface area contributed by atoms with Crippen LogP contribution in [0, 0.1) is 5.82 Å². The predicted octanol–water partition coefficient (Wildman–Crippen LogP) is 4.39. The van der Waals surface area contributed by atoms with Gasteiger partial charge in [0.25, 0.3) is 0 Å². The fourth-order valence-electron chi connectivity index (χ4n) is 1.47. The van der Waals surface area contributed by atoms with Gasteiger partial charge in [-0.2, -0.15) is 0 Å². The van der Waals surface area contributed by atoms with Crippen molar-refractivity contribution >= 4 is 15.9 Å². The number of hydrogen-bond donors (Lipinski definition) is 0. The Bertz CT molecular complexity index is 457. The van der Waals surface area contributed by atoms with Crippen LogP contribution in [-0.4, -0.2) is 25.8 Å². The molecule has 0 amide bonds. The summed E-state index contributed by atoms with van der Waals surface area (Å²) in [5.74, 6) is -1.83. The van der Waals surface area contributed by atoms with Crippen LogP contribution in [0.25, 0.3) is 0 Å². The van der Waals surface area contributed by atoms with E-state index in [9.17, 15) is 4.39 Å². The van der Waals surface area contributed by atoms with Crippen LogP contribution in [0.5, 0.6) is 0 Å². The first-order chi connectivity index (χ1) is 10.1. The summed E-state index contributed by atoms with van der Waals surface area (Å²) in [4.78, 5) is 0. The molecule has 0 saturated heterocycles. The minimum absolute atomic E-state index is 0.121. The number of rotatable bonds is 8. The molecule has 0 fully saturated rings. The molecule has 0 atom stereocenters. The molecule has 0 aliphatic carbocycles. The standard InChI is InChI=1S/C16H24BrFO4/c1-15(2,19-5)21-9-11-8-14(18)12(7-13(11)17)10-22-16(3,4)20-6/h7-8H,9-10H2,1-6H3. The Hall–Kier alpha value is -0.530. The summed E-state index contributed by atoms with van der Waals surface area (Å²) in [6.07, 6.45) is 0. The highest BCUT2D eigenvalue weighted by atomic mass is 79.9. The maximum atomic E-state index is 14.2. The molecule has 22 heavy (non-hydrogen) atoms. The van der Waals surface area contributed by atoms with Crippen molar-refractivity contribution in [3.63, 3.8) is 0 Å². The van der Waals surface area contributed by atoms with E-state index in [4.69, 9.17) is 18.9 Å². The van der Waals surface area contributed by atoms with E-state index in [-0.39, 0.29) is 19.0 Å². The lowest BCUT2D eigenvalue weighted by Crippen LogP contribution is -2.27. The molecule has 0 N–H and O–H groups in total. The lowest BCUT2D eigenvalue weighted by molar-refractivity contribution is -0.205. The van der Waals surface area contributed by atoms with Crippen molar-refractivity contribution in [3.05, 3.63) is 33.5 Å². The van der Waals surface area contributed by atoms with Crippen LogP contribution in [0.1, 0.15) is 38.8 Å². The molecule has 4 nitrogen and oxygen atoms in total. The Labute approximate surface area is 140 Å². The fraction of sp³-hybridized carbons (Fsp3) is 0.625. The lowest BCUT2D eigenvalue weighted by atomic mass is 10.1. The van der Waals surface area contributed by atoms with E-state index in [1.807, 2.05) is 0 Å². The first-order valence-electron chi connectivity index (χ1n) is 6.95. The second-order valence-corrected chi connectivity index (χ2v) is 6.67. The molecular weight excluding hydrogens is 355 g/mol. The molecule has 0 bridgehead atoms. The van der Waals surface area contributed by atoms with E-state index >= 15 is 0 Å². The first kappa shape index (κ1) is 19.5. The molecule has 0 aliphatic rings. The molecule has 6 heteroatoms. The van der Waals surface area contributed by atoms with Crippen molar-refractivity contribution in [1.82, 2.24) is 0 Å². The minimum Gasteiger partial charge on any atom is -0.354 e. The molecule has 1 aromatic rings. The number of benzene rings is 1. The SMILES string of the molecule is COC(C)(C)OCc1cc(Br)c(COC(C)(C)OC)cc1F. The van der Waals surface area contributed by atoms with E-state index in [1.165, 1.54) is 6.07 Å². The van der Waals surface area contributed by atoms with Gasteiger partial charge in [-0.25, -0.2) is 4.39 Å². The largest absolute Gasteiger partial charge is 0.354 e. The molecule has 126 valence electrons. The van der Waals surface area contributed by atoms with E-state index in [1.54, 1.807) is 48.0 Å². The van der Waals surface area contributed by atoms with Crippen LogP contribution < -0.4 is 0 Å². The molecule has 0 aromatic heterocycles. The maximum Gasteiger partial charge on any atom is 0.162 e. The van der Waals surface area contributed by atoms with Gasteiger partial charge in [0.15, 0.2) is 11.6 Å². The second kappa shape index (κ2) is 7.84. The molecule has 1 rings (SSSR count). The Balaban J connectivity index is 2.79. The van der Waals surface area contributed by atoms with Crippen molar-refractivity contribution < 1.29 is 23.3 Å². The van der Waals surface area contributed by atoms with Crippen LogP contribution in [0.2, 0.25) is 0 Å². The highest BCUT2D eigenvalue weighted by Gasteiger charge is 2.20. The van der Waals surface area contributed by atoms with Gasteiger partial charge in [-0.3, -0.25) is 0 Å². The van der Waals surface area contributed by atoms with Gasteiger partial charge < -0.3 is 18.9 Å². The smallest absolute Gasteiger partial charge is 0.162 e. The zero-order chi connectivity index (χ0) is 17.0. The van der Waals surface area contributed by atoms with Gasteiger partial charge in [0, 0.05) is 24.3 Å². The molecule has 0 spiro atoms. The van der Waals surface area contributed by atoms with Crippen molar-refractivity contribution in [3.8, 4) is 0 Å². The molecule has 0 unspecified atom stereocenters. The summed E-state index contributed by atoms with van der Waals surface area (Å²) in [6, 6.07) is 3.13. The summed E-state index contributed by atoms with van der Waals surface area (Å²) in [5.41, 5.74) is 1.16. The van der Waals surface area contributed by atoms with Crippen molar-refractivity contribution in [2.24, 2.45) is 0 Å². The van der Waals surface area contributed by atoms with Crippen LogP contribution in [-0.2, 0) is 32.2 Å². The molecule has 0 heterocycles. The maximum absolute atomic E-state index is 14.2. The van der Waals surface area contributed by atoms with E-state index in [2.05, 4.69) is 15.9 Å². The van der Waals surface area contributed by atoms with Crippen LogP contribution in [0.4, 0.5) is 4.39 Å². The van der Waals surface area contributed by atoms with Crippen molar-refractivity contribution in [1.29, 1.82) is 0 Å². The summed E-state index contributed by atoms with van der Waals surface area (Å²) >= 11 is 3.43. The zero-order valence-electron chi connectivity index (χ0n) is 14.0. The third-order valence-corrected chi connectivity index (χ3v) is 4.09. The van der Waals surface area contributed by atoms with E-state index in [0.29, 0.717) is 11.1 Å². The monoisotopic (exact) mass is 378 g/mol. The topological polar surface area (TPSA) is 36.9 Å². The lowest BCUT2D eigenvalue weighted by Gasteiger charge is -2.24. The van der Waals surface area contributed by atoms with Crippen LogP contribution in [0.15, 0.2) is 16.6 Å². The van der Waals surface area contributed by atoms with Crippen LogP contribution >= 0.6 is 15.9 Å². The Morgan fingerprint density at radius 1 is 0.909 bits per heavy atom. The van der Waals surface area contributed by atoms with Gasteiger partial charge in [-0.05, 0) is 45.4 Å². The van der Waals surface area contributed by atoms with E-state index in [0.717, 1.165) is 4.47 Å². The summed E-state index contributed by atoms with van der Waals surface area (Å²) in [5, 5.41) is 0. The van der Waals surface area contributed by atoms with Gasteiger partial charge >= 0.3 is 0 Å². The van der Waals surface area contributed by atoms with Crippen molar-refractivity contribution in [2.45, 2.75) is 52.5 Å². The summed E-state index contributed by atoms with van der Waals surface area (Å²) < 4.78 is 36.4. The molecular formula is C16H24BrFO4. The van der Waals surface area contributed by atoms with E-state index < -0.39 is 11.6 Å². The number of methoxy groups -OCH3 is 2. The van der Waals surface area contributed by atoms with Crippen LogP contribution in [0.3, 0.4) is 0 Å². The predicted molar refractivity (Wildman–Crippen MR) is 85.9 cm³/mol. The van der Waals surface area contributed by atoms with Gasteiger partial charge in [-0.15, -0.1) is 0 Å². The Morgan fingerprint density at radius 3 is 1.82 bits per heavy atom. The highest BCUT2D eigenvalue weighted by Crippen LogP contribution is 2.25. The number of hydrogen-bond acceptors (Lipinski definition) is 4. The number of halogens is 2. The Morgan fingerprint density at radius 2 is 1.36 bits per heavy atom. The highest BCUT2D eigenvalue weighted by molar-refractivity contribution is 9.10. The third kappa shape index (κ3) is 5.93. The number of ether oxygens (including phenoxy) is 4. The average Bonchev–Trinajstić information content (AvgIpc) is 2.46. The average molecular weight is 379 g/mol. The molecule has 0 aliphatic heterocycles. The fourth-order valence-corrected chi connectivity index (χ4v) is 1.98. The van der Waals surface area contributed by atoms with Crippen molar-refractivity contribution in [2.75, 3.05) is 14.2 Å². The zero-order valence-corrected chi connectivity index (χ0v) is 15.5.